The molecule has 6 nitrogen and oxygen atoms in total. The van der Waals surface area contributed by atoms with Gasteiger partial charge in [0.2, 0.25) is 0 Å². The highest BCUT2D eigenvalue weighted by molar-refractivity contribution is 5.80. The summed E-state index contributed by atoms with van der Waals surface area (Å²) in [6.07, 6.45) is 6.34. The minimum absolute atomic E-state index is 0.0798. The van der Waals surface area contributed by atoms with Crippen LogP contribution in [0.25, 0.3) is 0 Å². The van der Waals surface area contributed by atoms with Crippen molar-refractivity contribution in [1.82, 2.24) is 15.1 Å². The highest BCUT2D eigenvalue weighted by Crippen LogP contribution is 2.48. The quantitative estimate of drug-likeness (QED) is 0.786. The van der Waals surface area contributed by atoms with Crippen LogP contribution in [0.1, 0.15) is 59.3 Å². The van der Waals surface area contributed by atoms with Crippen LogP contribution in [0, 0.1) is 17.3 Å². The van der Waals surface area contributed by atoms with Crippen LogP contribution in [0.15, 0.2) is 0 Å². The molecule has 0 aromatic heterocycles. The van der Waals surface area contributed by atoms with Crippen molar-refractivity contribution >= 4 is 12.0 Å². The Labute approximate surface area is 157 Å². The molecule has 0 aromatic carbocycles. The highest BCUT2D eigenvalue weighted by Gasteiger charge is 2.55. The summed E-state index contributed by atoms with van der Waals surface area (Å²) in [5, 5.41) is 12.8. The molecule has 1 unspecified atom stereocenters. The topological polar surface area (TPSA) is 72.9 Å². The summed E-state index contributed by atoms with van der Waals surface area (Å²) in [5.74, 6) is 0.146. The lowest BCUT2D eigenvalue weighted by atomic mass is 9.81. The number of aliphatic carboxylic acids is 1. The molecule has 0 bridgehead atoms. The number of carboxylic acid groups (broad SMARTS) is 1. The van der Waals surface area contributed by atoms with Crippen molar-refractivity contribution in [3.8, 4) is 0 Å². The van der Waals surface area contributed by atoms with E-state index in [-0.39, 0.29) is 17.5 Å². The van der Waals surface area contributed by atoms with Crippen LogP contribution in [0.5, 0.6) is 0 Å². The molecule has 0 aromatic rings. The van der Waals surface area contributed by atoms with Gasteiger partial charge >= 0.3 is 12.0 Å². The van der Waals surface area contributed by atoms with E-state index in [2.05, 4.69) is 31.0 Å². The Hall–Kier alpha value is -1.30. The van der Waals surface area contributed by atoms with Gasteiger partial charge in [-0.05, 0) is 57.9 Å². The monoisotopic (exact) mass is 365 g/mol. The van der Waals surface area contributed by atoms with Crippen molar-refractivity contribution in [3.63, 3.8) is 0 Å². The molecule has 6 heteroatoms. The molecule has 26 heavy (non-hydrogen) atoms. The zero-order chi connectivity index (χ0) is 18.9. The molecule has 1 aliphatic carbocycles. The van der Waals surface area contributed by atoms with Gasteiger partial charge in [0.05, 0.1) is 5.41 Å². The lowest BCUT2D eigenvalue weighted by molar-refractivity contribution is -0.149. The van der Waals surface area contributed by atoms with Crippen LogP contribution in [0.3, 0.4) is 0 Å². The molecule has 2 aliphatic heterocycles. The first-order valence-electron chi connectivity index (χ1n) is 10.3. The Morgan fingerprint density at radius 2 is 2.00 bits per heavy atom. The third-order valence-electron chi connectivity index (χ3n) is 7.21. The molecule has 1 saturated carbocycles. The van der Waals surface area contributed by atoms with E-state index in [9.17, 15) is 14.7 Å². The van der Waals surface area contributed by atoms with Crippen LogP contribution < -0.4 is 5.32 Å². The van der Waals surface area contributed by atoms with Crippen molar-refractivity contribution in [1.29, 1.82) is 0 Å². The summed E-state index contributed by atoms with van der Waals surface area (Å²) in [7, 11) is 0. The molecule has 148 valence electrons. The van der Waals surface area contributed by atoms with Gasteiger partial charge in [-0.25, -0.2) is 4.79 Å². The highest BCUT2D eigenvalue weighted by atomic mass is 16.4. The fourth-order valence-electron chi connectivity index (χ4n) is 5.26. The smallest absolute Gasteiger partial charge is 0.317 e. The summed E-state index contributed by atoms with van der Waals surface area (Å²) < 4.78 is 0. The van der Waals surface area contributed by atoms with Crippen molar-refractivity contribution in [2.45, 2.75) is 64.8 Å². The average molecular weight is 366 g/mol. The number of carboxylic acids is 1. The van der Waals surface area contributed by atoms with Crippen LogP contribution in [-0.2, 0) is 4.79 Å². The molecule has 2 heterocycles. The zero-order valence-electron chi connectivity index (χ0n) is 16.6. The van der Waals surface area contributed by atoms with Crippen molar-refractivity contribution in [2.24, 2.45) is 17.3 Å². The lowest BCUT2D eigenvalue weighted by Crippen LogP contribution is -2.56. The van der Waals surface area contributed by atoms with Crippen molar-refractivity contribution in [2.75, 3.05) is 32.7 Å². The Morgan fingerprint density at radius 1 is 1.23 bits per heavy atom. The van der Waals surface area contributed by atoms with Gasteiger partial charge in [0, 0.05) is 31.7 Å². The number of nitrogens with zero attached hydrogens (tertiary/aromatic N) is 2. The largest absolute Gasteiger partial charge is 0.481 e. The van der Waals surface area contributed by atoms with Crippen LogP contribution >= 0.6 is 0 Å². The van der Waals surface area contributed by atoms with E-state index in [0.717, 1.165) is 31.8 Å². The Kier molecular flexibility index (Phi) is 5.52. The van der Waals surface area contributed by atoms with Crippen LogP contribution in [0.2, 0.25) is 0 Å². The van der Waals surface area contributed by atoms with E-state index in [1.165, 1.54) is 19.3 Å². The lowest BCUT2D eigenvalue weighted by Gasteiger charge is -2.43. The van der Waals surface area contributed by atoms with Gasteiger partial charge in [-0.15, -0.1) is 0 Å². The molecule has 3 fully saturated rings. The Morgan fingerprint density at radius 3 is 2.65 bits per heavy atom. The van der Waals surface area contributed by atoms with E-state index in [0.29, 0.717) is 26.1 Å². The number of piperidine rings is 1. The maximum absolute atomic E-state index is 12.7. The summed E-state index contributed by atoms with van der Waals surface area (Å²) in [6.45, 7) is 10.4. The minimum Gasteiger partial charge on any atom is -0.481 e. The van der Waals surface area contributed by atoms with Gasteiger partial charge in [0.1, 0.15) is 0 Å². The SMILES string of the molecule is CCC1CCCN(C(C)(C)CNC(=O)N2C[C@@H]3CCC[C@@]3(C(=O)O)C2)C1. The van der Waals surface area contributed by atoms with E-state index in [1.54, 1.807) is 4.90 Å². The molecule has 0 spiro atoms. The van der Waals surface area contributed by atoms with E-state index in [1.807, 2.05) is 0 Å². The number of likely N-dealkylation sites (tertiary alicyclic amines) is 2. The van der Waals surface area contributed by atoms with Crippen LogP contribution in [0.4, 0.5) is 4.79 Å². The second-order valence-corrected chi connectivity index (χ2v) is 9.26. The number of urea groups is 1. The number of nitrogens with one attached hydrogen (secondary N) is 1. The molecule has 2 saturated heterocycles. The fraction of sp³-hybridized carbons (Fsp3) is 0.900. The van der Waals surface area contributed by atoms with Gasteiger partial charge < -0.3 is 15.3 Å². The number of carbonyl (C=O) groups is 2. The number of carbonyl (C=O) groups excluding carboxylic acids is 1. The number of amides is 2. The predicted molar refractivity (Wildman–Crippen MR) is 101 cm³/mol. The fourth-order valence-corrected chi connectivity index (χ4v) is 5.26. The molecular formula is C20H35N3O3. The van der Waals surface area contributed by atoms with Gasteiger partial charge in [-0.2, -0.15) is 0 Å². The summed E-state index contributed by atoms with van der Waals surface area (Å²) >= 11 is 0. The molecule has 3 atom stereocenters. The number of hydrogen-bond acceptors (Lipinski definition) is 3. The van der Waals surface area contributed by atoms with E-state index < -0.39 is 11.4 Å². The van der Waals surface area contributed by atoms with Gasteiger partial charge in [0.15, 0.2) is 0 Å². The van der Waals surface area contributed by atoms with E-state index in [4.69, 9.17) is 0 Å². The Balaban J connectivity index is 1.55. The predicted octanol–water partition coefficient (Wildman–Crippen LogP) is 2.78. The number of fused-ring (bicyclic) bond motifs is 1. The summed E-state index contributed by atoms with van der Waals surface area (Å²) in [4.78, 5) is 28.7. The second-order valence-electron chi connectivity index (χ2n) is 9.26. The minimum atomic E-state index is -0.727. The normalized spacial score (nSPS) is 32.5. The Bertz CT molecular complexity index is 550. The molecule has 0 radical (unpaired) electrons. The summed E-state index contributed by atoms with van der Waals surface area (Å²) in [5.41, 5.74) is -0.780. The van der Waals surface area contributed by atoms with Gasteiger partial charge in [-0.3, -0.25) is 9.69 Å². The van der Waals surface area contributed by atoms with Crippen LogP contribution in [-0.4, -0.2) is 65.2 Å². The third kappa shape index (κ3) is 3.57. The first kappa shape index (κ1) is 19.5. The molecule has 3 rings (SSSR count). The molecule has 2 amide bonds. The zero-order valence-corrected chi connectivity index (χ0v) is 16.6. The third-order valence-corrected chi connectivity index (χ3v) is 7.21. The first-order valence-corrected chi connectivity index (χ1v) is 10.3. The number of hydrogen-bond donors (Lipinski definition) is 2. The average Bonchev–Trinajstić information content (AvgIpc) is 3.18. The maximum Gasteiger partial charge on any atom is 0.317 e. The molecule has 2 N–H and O–H groups in total. The number of rotatable bonds is 5. The second kappa shape index (κ2) is 7.37. The van der Waals surface area contributed by atoms with Gasteiger partial charge in [0.25, 0.3) is 0 Å². The maximum atomic E-state index is 12.7. The standard InChI is InChI=1S/C20H35N3O3/c1-4-15-7-6-10-23(11-15)19(2,3)13-21-18(26)22-12-16-8-5-9-20(16,14-22)17(24)25/h15-16H,4-14H2,1-3H3,(H,21,26)(H,24,25)/t15?,16-,20+/m0/s1. The van der Waals surface area contributed by atoms with Gasteiger partial charge in [-0.1, -0.05) is 19.8 Å². The van der Waals surface area contributed by atoms with E-state index >= 15 is 0 Å². The molecular weight excluding hydrogens is 330 g/mol. The first-order chi connectivity index (χ1) is 12.3. The van der Waals surface area contributed by atoms with Crippen molar-refractivity contribution in [3.05, 3.63) is 0 Å². The van der Waals surface area contributed by atoms with Crippen molar-refractivity contribution < 1.29 is 14.7 Å². The summed E-state index contributed by atoms with van der Waals surface area (Å²) in [6, 6.07) is -0.0999. The molecule has 3 aliphatic rings.